The molecule has 2 rings (SSSR count). The van der Waals surface area contributed by atoms with Gasteiger partial charge >= 0.3 is 0 Å². The van der Waals surface area contributed by atoms with Crippen molar-refractivity contribution in [1.29, 1.82) is 0 Å². The van der Waals surface area contributed by atoms with Crippen LogP contribution < -0.4 is 9.47 Å². The van der Waals surface area contributed by atoms with E-state index in [0.717, 1.165) is 0 Å². The van der Waals surface area contributed by atoms with Crippen LogP contribution in [0.1, 0.15) is 21.9 Å². The smallest absolute Gasteiger partial charge is 0.231 e. The Bertz CT molecular complexity index is 616. The number of ether oxygens (including phenoxy) is 2. The van der Waals surface area contributed by atoms with Crippen molar-refractivity contribution < 1.29 is 18.7 Å². The number of carbonyl (C=O) groups is 1. The molecular formula is C14H13ClO4. The monoisotopic (exact) mass is 280 g/mol. The summed E-state index contributed by atoms with van der Waals surface area (Å²) < 4.78 is 15.6. The molecule has 0 atom stereocenters. The lowest BCUT2D eigenvalue weighted by Crippen LogP contribution is -2.04. The maximum absolute atomic E-state index is 12.3. The molecule has 0 N–H and O–H groups in total. The zero-order chi connectivity index (χ0) is 14.0. The van der Waals surface area contributed by atoms with Crippen LogP contribution in [0.15, 0.2) is 28.7 Å². The van der Waals surface area contributed by atoms with Crippen molar-refractivity contribution in [3.05, 3.63) is 46.4 Å². The first-order valence-corrected chi connectivity index (χ1v) is 5.98. The van der Waals surface area contributed by atoms with Crippen molar-refractivity contribution in [3.8, 4) is 11.5 Å². The highest BCUT2D eigenvalue weighted by molar-refractivity contribution is 6.34. The van der Waals surface area contributed by atoms with Gasteiger partial charge in [0.1, 0.15) is 16.5 Å². The molecule has 0 unspecified atom stereocenters. The van der Waals surface area contributed by atoms with Gasteiger partial charge in [-0.1, -0.05) is 11.6 Å². The Morgan fingerprint density at radius 2 is 1.89 bits per heavy atom. The van der Waals surface area contributed by atoms with Gasteiger partial charge in [-0.2, -0.15) is 0 Å². The Kier molecular flexibility index (Phi) is 3.81. The minimum atomic E-state index is -0.283. The summed E-state index contributed by atoms with van der Waals surface area (Å²) in [6.45, 7) is 1.77. The highest BCUT2D eigenvalue weighted by atomic mass is 35.5. The van der Waals surface area contributed by atoms with Gasteiger partial charge in [-0.15, -0.1) is 0 Å². The predicted octanol–water partition coefficient (Wildman–Crippen LogP) is 3.49. The van der Waals surface area contributed by atoms with Gasteiger partial charge in [0.05, 0.1) is 19.8 Å². The number of aryl methyl sites for hydroxylation is 1. The van der Waals surface area contributed by atoms with Gasteiger partial charge in [-0.05, 0) is 31.2 Å². The lowest BCUT2D eigenvalue weighted by atomic mass is 10.1. The normalized spacial score (nSPS) is 10.3. The first kappa shape index (κ1) is 13.5. The Hall–Kier alpha value is -1.94. The molecule has 0 saturated heterocycles. The maximum atomic E-state index is 12.3. The second-order valence-electron chi connectivity index (χ2n) is 3.90. The third-order valence-corrected chi connectivity index (χ3v) is 3.05. The largest absolute Gasteiger partial charge is 0.495 e. The number of hydrogen-bond donors (Lipinski definition) is 0. The number of halogens is 1. The van der Waals surface area contributed by atoms with Crippen LogP contribution in [0.5, 0.6) is 11.5 Å². The molecule has 0 aliphatic carbocycles. The van der Waals surface area contributed by atoms with Crippen molar-refractivity contribution in [2.75, 3.05) is 14.2 Å². The zero-order valence-corrected chi connectivity index (χ0v) is 11.6. The van der Waals surface area contributed by atoms with Crippen LogP contribution in [0.4, 0.5) is 0 Å². The van der Waals surface area contributed by atoms with E-state index >= 15 is 0 Å². The van der Waals surface area contributed by atoms with Gasteiger partial charge in [-0.25, -0.2) is 0 Å². The van der Waals surface area contributed by atoms with E-state index in [1.54, 1.807) is 31.2 Å². The average molecular weight is 281 g/mol. The second kappa shape index (κ2) is 5.36. The molecule has 0 bridgehead atoms. The highest BCUT2D eigenvalue weighted by Gasteiger charge is 2.21. The number of methoxy groups -OCH3 is 2. The molecule has 0 saturated carbocycles. The summed E-state index contributed by atoms with van der Waals surface area (Å²) in [5, 5.41) is 0.263. The first-order chi connectivity index (χ1) is 9.08. The molecular weight excluding hydrogens is 268 g/mol. The van der Waals surface area contributed by atoms with Crippen molar-refractivity contribution in [1.82, 2.24) is 0 Å². The SMILES string of the molecule is COc1ccc(C(=O)c2ccc(C)o2)c(OC)c1Cl. The fourth-order valence-electron chi connectivity index (χ4n) is 1.76. The van der Waals surface area contributed by atoms with Gasteiger partial charge in [0, 0.05) is 0 Å². The molecule has 1 aromatic heterocycles. The lowest BCUT2D eigenvalue weighted by Gasteiger charge is -2.11. The number of rotatable bonds is 4. The minimum absolute atomic E-state index is 0.247. The molecule has 0 aliphatic rings. The van der Waals surface area contributed by atoms with E-state index < -0.39 is 0 Å². The molecule has 2 aromatic rings. The summed E-state index contributed by atoms with van der Waals surface area (Å²) in [5.74, 6) is 1.36. The fourth-order valence-corrected chi connectivity index (χ4v) is 2.08. The maximum Gasteiger partial charge on any atom is 0.231 e. The topological polar surface area (TPSA) is 48.7 Å². The molecule has 0 radical (unpaired) electrons. The van der Waals surface area contributed by atoms with Gasteiger partial charge < -0.3 is 13.9 Å². The van der Waals surface area contributed by atoms with Crippen LogP contribution >= 0.6 is 11.6 Å². The fraction of sp³-hybridized carbons (Fsp3) is 0.214. The van der Waals surface area contributed by atoms with Crippen LogP contribution in [0.2, 0.25) is 5.02 Å². The quantitative estimate of drug-likeness (QED) is 0.805. The molecule has 0 fully saturated rings. The van der Waals surface area contributed by atoms with E-state index in [1.807, 2.05) is 0 Å². The molecule has 1 heterocycles. The summed E-state index contributed by atoms with van der Waals surface area (Å²) in [7, 11) is 2.95. The number of furan rings is 1. The van der Waals surface area contributed by atoms with Gasteiger partial charge in [0.15, 0.2) is 11.5 Å². The Balaban J connectivity index is 2.50. The number of ketones is 1. The number of benzene rings is 1. The van der Waals surface area contributed by atoms with Crippen molar-refractivity contribution in [3.63, 3.8) is 0 Å². The Morgan fingerprint density at radius 3 is 2.42 bits per heavy atom. The molecule has 0 amide bonds. The third-order valence-electron chi connectivity index (χ3n) is 2.69. The van der Waals surface area contributed by atoms with E-state index in [0.29, 0.717) is 17.1 Å². The standard InChI is InChI=1S/C14H13ClO4/c1-8-4-6-11(19-8)13(16)9-5-7-10(17-2)12(15)14(9)18-3/h4-7H,1-3H3. The van der Waals surface area contributed by atoms with Gasteiger partial charge in [0.25, 0.3) is 0 Å². The number of carbonyl (C=O) groups excluding carboxylic acids is 1. The molecule has 1 aromatic carbocycles. The third kappa shape index (κ3) is 2.44. The summed E-state index contributed by atoms with van der Waals surface area (Å²) in [5.41, 5.74) is 0.336. The summed E-state index contributed by atoms with van der Waals surface area (Å²) in [6.07, 6.45) is 0. The molecule has 0 aliphatic heterocycles. The summed E-state index contributed by atoms with van der Waals surface area (Å²) in [6, 6.07) is 6.57. The van der Waals surface area contributed by atoms with E-state index in [4.69, 9.17) is 25.5 Å². The van der Waals surface area contributed by atoms with Crippen LogP contribution in [0.25, 0.3) is 0 Å². The molecule has 4 nitrogen and oxygen atoms in total. The van der Waals surface area contributed by atoms with Crippen LogP contribution in [0.3, 0.4) is 0 Å². The van der Waals surface area contributed by atoms with Crippen LogP contribution in [-0.2, 0) is 0 Å². The molecule has 19 heavy (non-hydrogen) atoms. The van der Waals surface area contributed by atoms with Crippen LogP contribution in [-0.4, -0.2) is 20.0 Å². The summed E-state index contributed by atoms with van der Waals surface area (Å²) in [4.78, 5) is 12.3. The highest BCUT2D eigenvalue weighted by Crippen LogP contribution is 2.37. The van der Waals surface area contributed by atoms with Gasteiger partial charge in [-0.3, -0.25) is 4.79 Å². The van der Waals surface area contributed by atoms with Crippen molar-refractivity contribution in [2.45, 2.75) is 6.92 Å². The van der Waals surface area contributed by atoms with Crippen molar-refractivity contribution >= 4 is 17.4 Å². The van der Waals surface area contributed by atoms with Gasteiger partial charge in [0.2, 0.25) is 5.78 Å². The first-order valence-electron chi connectivity index (χ1n) is 5.60. The van der Waals surface area contributed by atoms with Crippen LogP contribution in [0, 0.1) is 6.92 Å². The minimum Gasteiger partial charge on any atom is -0.495 e. The lowest BCUT2D eigenvalue weighted by molar-refractivity contribution is 0.100. The van der Waals surface area contributed by atoms with E-state index in [1.165, 1.54) is 14.2 Å². The van der Waals surface area contributed by atoms with E-state index in [9.17, 15) is 4.79 Å². The predicted molar refractivity (Wildman–Crippen MR) is 71.4 cm³/mol. The Morgan fingerprint density at radius 1 is 1.16 bits per heavy atom. The molecule has 100 valence electrons. The van der Waals surface area contributed by atoms with E-state index in [-0.39, 0.29) is 22.3 Å². The van der Waals surface area contributed by atoms with E-state index in [2.05, 4.69) is 0 Å². The molecule has 5 heteroatoms. The van der Waals surface area contributed by atoms with Crippen molar-refractivity contribution in [2.24, 2.45) is 0 Å². The number of hydrogen-bond acceptors (Lipinski definition) is 4. The average Bonchev–Trinajstić information content (AvgIpc) is 2.84. The second-order valence-corrected chi connectivity index (χ2v) is 4.28. The zero-order valence-electron chi connectivity index (χ0n) is 10.8. The molecule has 0 spiro atoms. The Labute approximate surface area is 115 Å². The summed E-state index contributed by atoms with van der Waals surface area (Å²) >= 11 is 6.12.